The Bertz CT molecular complexity index is 178. The minimum absolute atomic E-state index is 0.256. The van der Waals surface area contributed by atoms with Crippen LogP contribution >= 0.6 is 11.8 Å². The molecule has 0 aromatic heterocycles. The van der Waals surface area contributed by atoms with Gasteiger partial charge in [0.15, 0.2) is 0 Å². The predicted octanol–water partition coefficient (Wildman–Crippen LogP) is 0.608. The van der Waals surface area contributed by atoms with E-state index in [0.29, 0.717) is 18.4 Å². The molecular formula is C10H18N2OS. The lowest BCUT2D eigenvalue weighted by Crippen LogP contribution is -2.35. The molecule has 0 saturated carbocycles. The van der Waals surface area contributed by atoms with E-state index in [1.54, 1.807) is 0 Å². The van der Waals surface area contributed by atoms with Crippen molar-refractivity contribution in [3.05, 3.63) is 0 Å². The maximum Gasteiger partial charge on any atom is 0.220 e. The van der Waals surface area contributed by atoms with Gasteiger partial charge in [0, 0.05) is 18.2 Å². The highest BCUT2D eigenvalue weighted by atomic mass is 32.2. The molecule has 0 spiro atoms. The second-order valence-corrected chi connectivity index (χ2v) is 5.34. The molecular weight excluding hydrogens is 196 g/mol. The van der Waals surface area contributed by atoms with Gasteiger partial charge in [-0.3, -0.25) is 4.79 Å². The zero-order valence-electron chi connectivity index (χ0n) is 8.42. The van der Waals surface area contributed by atoms with E-state index in [0.717, 1.165) is 31.7 Å². The molecule has 0 aromatic carbocycles. The van der Waals surface area contributed by atoms with Gasteiger partial charge in [-0.05, 0) is 37.6 Å². The van der Waals surface area contributed by atoms with E-state index >= 15 is 0 Å². The summed E-state index contributed by atoms with van der Waals surface area (Å²) in [6.45, 7) is 2.10. The highest BCUT2D eigenvalue weighted by molar-refractivity contribution is 7.99. The first-order valence-corrected chi connectivity index (χ1v) is 6.58. The first-order chi connectivity index (χ1) is 6.84. The van der Waals surface area contributed by atoms with Gasteiger partial charge in [-0.15, -0.1) is 0 Å². The summed E-state index contributed by atoms with van der Waals surface area (Å²) in [6, 6.07) is 0.446. The van der Waals surface area contributed by atoms with E-state index in [1.165, 1.54) is 5.75 Å². The number of thioether (sulfide) groups is 1. The van der Waals surface area contributed by atoms with Gasteiger partial charge < -0.3 is 10.6 Å². The van der Waals surface area contributed by atoms with E-state index in [2.05, 4.69) is 10.6 Å². The zero-order valence-corrected chi connectivity index (χ0v) is 9.24. The first-order valence-electron chi connectivity index (χ1n) is 5.42. The zero-order chi connectivity index (χ0) is 9.80. The number of carbonyl (C=O) groups excluding carboxylic acids is 1. The fourth-order valence-corrected chi connectivity index (χ4v) is 3.24. The van der Waals surface area contributed by atoms with Crippen molar-refractivity contribution < 1.29 is 4.79 Å². The molecule has 2 aliphatic rings. The Morgan fingerprint density at radius 2 is 2.43 bits per heavy atom. The average molecular weight is 214 g/mol. The Labute approximate surface area is 89.4 Å². The molecule has 1 unspecified atom stereocenters. The van der Waals surface area contributed by atoms with Crippen molar-refractivity contribution in [2.75, 3.05) is 24.6 Å². The van der Waals surface area contributed by atoms with Crippen LogP contribution in [0.2, 0.25) is 0 Å². The van der Waals surface area contributed by atoms with E-state index in [-0.39, 0.29) is 5.91 Å². The lowest BCUT2D eigenvalue weighted by atomic mass is 10.0. The van der Waals surface area contributed by atoms with E-state index in [4.69, 9.17) is 0 Å². The summed E-state index contributed by atoms with van der Waals surface area (Å²) in [5.41, 5.74) is 0. The Kier molecular flexibility index (Phi) is 3.70. The third-order valence-corrected chi connectivity index (χ3v) is 4.09. The van der Waals surface area contributed by atoms with Crippen LogP contribution < -0.4 is 10.6 Å². The van der Waals surface area contributed by atoms with Crippen molar-refractivity contribution in [3.63, 3.8) is 0 Å². The van der Waals surface area contributed by atoms with Crippen LogP contribution in [0.1, 0.15) is 19.3 Å². The number of carbonyl (C=O) groups is 1. The summed E-state index contributed by atoms with van der Waals surface area (Å²) in [6.07, 6.45) is 3.03. The summed E-state index contributed by atoms with van der Waals surface area (Å²) >= 11 is 1.94. The van der Waals surface area contributed by atoms with Crippen molar-refractivity contribution in [1.82, 2.24) is 10.6 Å². The normalized spacial score (nSPS) is 32.0. The molecule has 2 saturated heterocycles. The molecule has 4 heteroatoms. The Hall–Kier alpha value is -0.220. The second-order valence-electron chi connectivity index (χ2n) is 4.19. The van der Waals surface area contributed by atoms with Gasteiger partial charge in [0.25, 0.3) is 0 Å². The summed E-state index contributed by atoms with van der Waals surface area (Å²) < 4.78 is 0. The van der Waals surface area contributed by atoms with Gasteiger partial charge in [0.05, 0.1) is 0 Å². The number of rotatable bonds is 3. The van der Waals surface area contributed by atoms with Crippen LogP contribution in [-0.4, -0.2) is 36.5 Å². The highest BCUT2D eigenvalue weighted by Gasteiger charge is 2.21. The molecule has 2 fully saturated rings. The Morgan fingerprint density at radius 1 is 1.50 bits per heavy atom. The second kappa shape index (κ2) is 5.03. The van der Waals surface area contributed by atoms with Crippen molar-refractivity contribution in [1.29, 1.82) is 0 Å². The third kappa shape index (κ3) is 2.89. The molecule has 0 radical (unpaired) electrons. The van der Waals surface area contributed by atoms with Crippen molar-refractivity contribution >= 4 is 17.7 Å². The molecule has 1 amide bonds. The quantitative estimate of drug-likeness (QED) is 0.723. The average Bonchev–Trinajstić information content (AvgIpc) is 2.76. The third-order valence-electron chi connectivity index (χ3n) is 2.93. The molecule has 2 rings (SSSR count). The fourth-order valence-electron chi connectivity index (χ4n) is 2.09. The molecule has 14 heavy (non-hydrogen) atoms. The van der Waals surface area contributed by atoms with Crippen molar-refractivity contribution in [3.8, 4) is 0 Å². The maximum absolute atomic E-state index is 11.6. The number of nitrogens with one attached hydrogen (secondary N) is 2. The van der Waals surface area contributed by atoms with Crippen LogP contribution in [0.3, 0.4) is 0 Å². The summed E-state index contributed by atoms with van der Waals surface area (Å²) in [5, 5.41) is 6.41. The lowest BCUT2D eigenvalue weighted by molar-refractivity contribution is -0.122. The van der Waals surface area contributed by atoms with E-state index in [9.17, 15) is 4.79 Å². The Morgan fingerprint density at radius 3 is 3.07 bits per heavy atom. The molecule has 2 heterocycles. The van der Waals surface area contributed by atoms with Gasteiger partial charge in [0.2, 0.25) is 5.91 Å². The standard InChI is InChI=1S/C10H18N2OS/c13-10(5-8-1-3-11-6-8)12-9-2-4-14-7-9/h8-9,11H,1-7H2,(H,12,13)/t8-,9?/m0/s1. The molecule has 2 aliphatic heterocycles. The van der Waals surface area contributed by atoms with Crippen LogP contribution in [0.4, 0.5) is 0 Å². The highest BCUT2D eigenvalue weighted by Crippen LogP contribution is 2.18. The van der Waals surface area contributed by atoms with Crippen LogP contribution in [0, 0.1) is 5.92 Å². The topological polar surface area (TPSA) is 41.1 Å². The van der Waals surface area contributed by atoms with Crippen LogP contribution in [0.15, 0.2) is 0 Å². The molecule has 0 aromatic rings. The van der Waals surface area contributed by atoms with Gasteiger partial charge in [-0.2, -0.15) is 11.8 Å². The monoisotopic (exact) mass is 214 g/mol. The van der Waals surface area contributed by atoms with Crippen LogP contribution in [0.25, 0.3) is 0 Å². The summed E-state index contributed by atoms with van der Waals surface area (Å²) in [7, 11) is 0. The van der Waals surface area contributed by atoms with Gasteiger partial charge in [0.1, 0.15) is 0 Å². The van der Waals surface area contributed by atoms with Crippen molar-refractivity contribution in [2.24, 2.45) is 5.92 Å². The Balaban J connectivity index is 1.66. The largest absolute Gasteiger partial charge is 0.353 e. The number of amides is 1. The molecule has 3 nitrogen and oxygen atoms in total. The van der Waals surface area contributed by atoms with Crippen LogP contribution in [-0.2, 0) is 4.79 Å². The molecule has 2 N–H and O–H groups in total. The minimum Gasteiger partial charge on any atom is -0.353 e. The van der Waals surface area contributed by atoms with Gasteiger partial charge in [-0.1, -0.05) is 0 Å². The lowest BCUT2D eigenvalue weighted by Gasteiger charge is -2.13. The fraction of sp³-hybridized carbons (Fsp3) is 0.900. The smallest absolute Gasteiger partial charge is 0.220 e. The SMILES string of the molecule is O=C(C[C@@H]1CCNC1)NC1CCSC1. The molecule has 80 valence electrons. The molecule has 2 atom stereocenters. The van der Waals surface area contributed by atoms with Crippen molar-refractivity contribution in [2.45, 2.75) is 25.3 Å². The maximum atomic E-state index is 11.6. The van der Waals surface area contributed by atoms with E-state index in [1.807, 2.05) is 11.8 Å². The summed E-state index contributed by atoms with van der Waals surface area (Å²) in [4.78, 5) is 11.6. The van der Waals surface area contributed by atoms with E-state index < -0.39 is 0 Å². The molecule has 0 aliphatic carbocycles. The van der Waals surface area contributed by atoms with Gasteiger partial charge >= 0.3 is 0 Å². The first kappa shape index (κ1) is 10.3. The molecule has 0 bridgehead atoms. The van der Waals surface area contributed by atoms with Crippen LogP contribution in [0.5, 0.6) is 0 Å². The predicted molar refractivity (Wildman–Crippen MR) is 59.5 cm³/mol. The minimum atomic E-state index is 0.256. The summed E-state index contributed by atoms with van der Waals surface area (Å²) in [5.74, 6) is 3.14. The number of hydrogen-bond acceptors (Lipinski definition) is 3. The van der Waals surface area contributed by atoms with Gasteiger partial charge in [-0.25, -0.2) is 0 Å². The number of hydrogen-bond donors (Lipinski definition) is 2.